The highest BCUT2D eigenvalue weighted by molar-refractivity contribution is 5.77. The van der Waals surface area contributed by atoms with Gasteiger partial charge in [-0.15, -0.1) is 0 Å². The summed E-state index contributed by atoms with van der Waals surface area (Å²) in [6, 6.07) is 9.60. The summed E-state index contributed by atoms with van der Waals surface area (Å²) in [4.78, 5) is 16.5. The van der Waals surface area contributed by atoms with Gasteiger partial charge in [-0.25, -0.2) is 4.39 Å². The Bertz CT molecular complexity index is 691. The number of pyridine rings is 1. The van der Waals surface area contributed by atoms with E-state index in [1.807, 2.05) is 12.1 Å². The maximum atomic E-state index is 13.2. The third-order valence-electron chi connectivity index (χ3n) is 4.56. The fraction of sp³-hybridized carbons (Fsp3) is 0.400. The molecule has 0 spiro atoms. The molecular formula is C20H23FN2O2. The lowest BCUT2D eigenvalue weighted by atomic mass is 9.99. The molecule has 2 heterocycles. The molecule has 0 unspecified atom stereocenters. The number of nitrogens with one attached hydrogen (secondary N) is 1. The van der Waals surface area contributed by atoms with Gasteiger partial charge in [0.25, 0.3) is 0 Å². The van der Waals surface area contributed by atoms with Gasteiger partial charge in [-0.2, -0.15) is 0 Å². The van der Waals surface area contributed by atoms with Crippen molar-refractivity contribution in [2.75, 3.05) is 0 Å². The van der Waals surface area contributed by atoms with Crippen LogP contribution in [-0.4, -0.2) is 23.1 Å². The van der Waals surface area contributed by atoms with E-state index >= 15 is 0 Å². The molecule has 1 fully saturated rings. The topological polar surface area (TPSA) is 51.2 Å². The highest BCUT2D eigenvalue weighted by atomic mass is 19.1. The second-order valence-corrected chi connectivity index (χ2v) is 6.52. The minimum absolute atomic E-state index is 0.0331. The van der Waals surface area contributed by atoms with Crippen LogP contribution in [-0.2, 0) is 9.53 Å². The Morgan fingerprint density at radius 2 is 1.88 bits per heavy atom. The number of hydrogen-bond donors (Lipinski definition) is 1. The normalized spacial score (nSPS) is 21.0. The monoisotopic (exact) mass is 342 g/mol. The fourth-order valence-electron chi connectivity index (χ4n) is 3.19. The average Bonchev–Trinajstić information content (AvgIpc) is 3.05. The summed E-state index contributed by atoms with van der Waals surface area (Å²) in [5.41, 5.74) is 1.76. The van der Waals surface area contributed by atoms with Crippen LogP contribution in [0.1, 0.15) is 49.8 Å². The molecule has 1 N–H and O–H groups in total. The molecule has 1 aliphatic heterocycles. The first-order chi connectivity index (χ1) is 12.1. The largest absolute Gasteiger partial charge is 0.375 e. The molecule has 1 aromatic heterocycles. The maximum Gasteiger partial charge on any atom is 0.220 e. The third-order valence-corrected chi connectivity index (χ3v) is 4.56. The first-order valence-corrected chi connectivity index (χ1v) is 8.72. The van der Waals surface area contributed by atoms with Crippen LogP contribution in [0.3, 0.4) is 0 Å². The number of amides is 1. The molecule has 5 heteroatoms. The van der Waals surface area contributed by atoms with Gasteiger partial charge in [0.2, 0.25) is 5.91 Å². The molecule has 0 bridgehead atoms. The van der Waals surface area contributed by atoms with Gasteiger partial charge in [0.15, 0.2) is 0 Å². The predicted molar refractivity (Wildman–Crippen MR) is 93.4 cm³/mol. The Morgan fingerprint density at radius 3 is 2.52 bits per heavy atom. The smallest absolute Gasteiger partial charge is 0.220 e. The van der Waals surface area contributed by atoms with Crippen molar-refractivity contribution in [2.45, 2.75) is 50.9 Å². The number of aromatic nitrogens is 1. The summed E-state index contributed by atoms with van der Waals surface area (Å²) in [5.74, 6) is -0.328. The van der Waals surface area contributed by atoms with Crippen LogP contribution in [0.2, 0.25) is 0 Å². The highest BCUT2D eigenvalue weighted by Crippen LogP contribution is 2.24. The van der Waals surface area contributed by atoms with E-state index in [4.69, 9.17) is 4.74 Å². The molecule has 1 aromatic carbocycles. The summed E-state index contributed by atoms with van der Waals surface area (Å²) in [7, 11) is 0. The SMILES string of the molecule is C[C@@H]1CC[C@H](CCC(=O)N[C@@H](c2ccncc2)c2ccc(F)cc2)O1. The zero-order valence-electron chi connectivity index (χ0n) is 14.3. The molecule has 0 radical (unpaired) electrons. The maximum absolute atomic E-state index is 13.2. The van der Waals surface area contributed by atoms with Crippen LogP contribution in [0, 0.1) is 5.82 Å². The van der Waals surface area contributed by atoms with Crippen LogP contribution < -0.4 is 5.32 Å². The number of ether oxygens (including phenoxy) is 1. The van der Waals surface area contributed by atoms with E-state index in [0.29, 0.717) is 6.42 Å². The molecule has 3 rings (SSSR count). The number of benzene rings is 1. The van der Waals surface area contributed by atoms with Crippen molar-refractivity contribution in [3.8, 4) is 0 Å². The molecule has 1 amide bonds. The van der Waals surface area contributed by atoms with Gasteiger partial charge in [0.05, 0.1) is 18.2 Å². The lowest BCUT2D eigenvalue weighted by Gasteiger charge is -2.20. The van der Waals surface area contributed by atoms with Crippen molar-refractivity contribution in [3.05, 3.63) is 65.7 Å². The molecule has 0 saturated carbocycles. The van der Waals surface area contributed by atoms with E-state index in [1.54, 1.807) is 24.5 Å². The number of carbonyl (C=O) groups is 1. The Morgan fingerprint density at radius 1 is 1.20 bits per heavy atom. The highest BCUT2D eigenvalue weighted by Gasteiger charge is 2.23. The van der Waals surface area contributed by atoms with E-state index in [0.717, 1.165) is 30.4 Å². The number of hydrogen-bond acceptors (Lipinski definition) is 3. The van der Waals surface area contributed by atoms with E-state index in [9.17, 15) is 9.18 Å². The summed E-state index contributed by atoms with van der Waals surface area (Å²) in [6.45, 7) is 2.06. The second-order valence-electron chi connectivity index (χ2n) is 6.52. The lowest BCUT2D eigenvalue weighted by Crippen LogP contribution is -2.30. The standard InChI is InChI=1S/C20H23FN2O2/c1-14-2-7-18(25-14)8-9-19(24)23-20(16-10-12-22-13-11-16)15-3-5-17(21)6-4-15/h3-6,10-14,18,20H,2,7-9H2,1H3,(H,23,24)/t14-,18-,20-/m1/s1. The van der Waals surface area contributed by atoms with Crippen molar-refractivity contribution in [1.29, 1.82) is 0 Å². The lowest BCUT2D eigenvalue weighted by molar-refractivity contribution is -0.122. The van der Waals surface area contributed by atoms with Gasteiger partial charge in [-0.05, 0) is 61.6 Å². The number of carbonyl (C=O) groups excluding carboxylic acids is 1. The van der Waals surface area contributed by atoms with Crippen molar-refractivity contribution < 1.29 is 13.9 Å². The van der Waals surface area contributed by atoms with Gasteiger partial charge >= 0.3 is 0 Å². The van der Waals surface area contributed by atoms with E-state index in [-0.39, 0.29) is 30.0 Å². The molecule has 1 saturated heterocycles. The Kier molecular flexibility index (Phi) is 5.76. The minimum Gasteiger partial charge on any atom is -0.375 e. The molecule has 1 aliphatic rings. The zero-order valence-corrected chi connectivity index (χ0v) is 14.3. The van der Waals surface area contributed by atoms with E-state index in [2.05, 4.69) is 17.2 Å². The minimum atomic E-state index is -0.320. The number of rotatable bonds is 6. The predicted octanol–water partition coefficient (Wildman–Crippen LogP) is 3.77. The number of halogens is 1. The van der Waals surface area contributed by atoms with Crippen molar-refractivity contribution in [1.82, 2.24) is 10.3 Å². The van der Waals surface area contributed by atoms with Gasteiger partial charge in [-0.3, -0.25) is 9.78 Å². The van der Waals surface area contributed by atoms with Crippen molar-refractivity contribution in [3.63, 3.8) is 0 Å². The van der Waals surface area contributed by atoms with E-state index in [1.165, 1.54) is 12.1 Å². The van der Waals surface area contributed by atoms with E-state index < -0.39 is 0 Å². The Labute approximate surface area is 147 Å². The van der Waals surface area contributed by atoms with Crippen LogP contribution in [0.5, 0.6) is 0 Å². The molecular weight excluding hydrogens is 319 g/mol. The van der Waals surface area contributed by atoms with Gasteiger partial charge in [0, 0.05) is 18.8 Å². The molecule has 0 aliphatic carbocycles. The summed E-state index contributed by atoms with van der Waals surface area (Å²) < 4.78 is 19.0. The Hall–Kier alpha value is -2.27. The van der Waals surface area contributed by atoms with Crippen LogP contribution in [0.4, 0.5) is 4.39 Å². The average molecular weight is 342 g/mol. The summed E-state index contributed by atoms with van der Waals surface area (Å²) in [5, 5.41) is 3.06. The summed E-state index contributed by atoms with van der Waals surface area (Å²) in [6.07, 6.45) is 7.05. The molecule has 2 aromatic rings. The van der Waals surface area contributed by atoms with Gasteiger partial charge in [0.1, 0.15) is 5.82 Å². The molecule has 25 heavy (non-hydrogen) atoms. The zero-order chi connectivity index (χ0) is 17.6. The van der Waals surface area contributed by atoms with Crippen LogP contribution >= 0.6 is 0 Å². The van der Waals surface area contributed by atoms with Crippen LogP contribution in [0.15, 0.2) is 48.8 Å². The number of nitrogens with zero attached hydrogens (tertiary/aromatic N) is 1. The van der Waals surface area contributed by atoms with Gasteiger partial charge < -0.3 is 10.1 Å². The van der Waals surface area contributed by atoms with Crippen molar-refractivity contribution >= 4 is 5.91 Å². The first-order valence-electron chi connectivity index (χ1n) is 8.72. The summed E-state index contributed by atoms with van der Waals surface area (Å²) >= 11 is 0. The quantitative estimate of drug-likeness (QED) is 0.869. The Balaban J connectivity index is 1.67. The molecule has 4 nitrogen and oxygen atoms in total. The first kappa shape index (κ1) is 17.5. The van der Waals surface area contributed by atoms with Crippen LogP contribution in [0.25, 0.3) is 0 Å². The second kappa shape index (κ2) is 8.21. The van der Waals surface area contributed by atoms with Crippen molar-refractivity contribution in [2.24, 2.45) is 0 Å². The fourth-order valence-corrected chi connectivity index (χ4v) is 3.19. The third kappa shape index (κ3) is 4.86. The molecule has 3 atom stereocenters. The van der Waals surface area contributed by atoms with Gasteiger partial charge in [-0.1, -0.05) is 12.1 Å². The molecule has 132 valence electrons.